The number of carboxylic acid groups (broad SMARTS) is 1. The van der Waals surface area contributed by atoms with Crippen LogP contribution in [0, 0.1) is 0 Å². The Labute approximate surface area is 121 Å². The predicted molar refractivity (Wildman–Crippen MR) is 78.3 cm³/mol. The standard InChI is InChI=1S/C15H18N2O4/c1-4-17-12-7-9(15(2,3)21)5-6-10(12)14(20)11(16-17)8-13(18)19/h5-7,21H,4,8H2,1-3H3,(H,18,19). The molecule has 1 aromatic carbocycles. The van der Waals surface area contributed by atoms with Crippen LogP contribution >= 0.6 is 0 Å². The van der Waals surface area contributed by atoms with Gasteiger partial charge in [-0.1, -0.05) is 6.07 Å². The normalized spacial score (nSPS) is 11.8. The van der Waals surface area contributed by atoms with Crippen molar-refractivity contribution in [2.45, 2.75) is 39.3 Å². The first kappa shape index (κ1) is 15.2. The van der Waals surface area contributed by atoms with E-state index in [9.17, 15) is 14.7 Å². The Hall–Kier alpha value is -2.21. The van der Waals surface area contributed by atoms with Crippen LogP contribution < -0.4 is 5.43 Å². The third-order valence-corrected chi connectivity index (χ3v) is 3.35. The largest absolute Gasteiger partial charge is 0.481 e. The van der Waals surface area contributed by atoms with Gasteiger partial charge in [-0.05, 0) is 38.5 Å². The summed E-state index contributed by atoms with van der Waals surface area (Å²) in [6.07, 6.45) is -0.401. The van der Waals surface area contributed by atoms with Gasteiger partial charge in [0.2, 0.25) is 5.43 Å². The van der Waals surface area contributed by atoms with Crippen LogP contribution in [0.25, 0.3) is 10.9 Å². The van der Waals surface area contributed by atoms with E-state index in [4.69, 9.17) is 5.11 Å². The van der Waals surface area contributed by atoms with Gasteiger partial charge in [0.05, 0.1) is 17.5 Å². The molecule has 0 aliphatic rings. The Morgan fingerprint density at radius 1 is 1.38 bits per heavy atom. The first-order valence-electron chi connectivity index (χ1n) is 6.72. The van der Waals surface area contributed by atoms with Crippen molar-refractivity contribution in [2.75, 3.05) is 0 Å². The molecule has 0 fully saturated rings. The minimum Gasteiger partial charge on any atom is -0.481 e. The third kappa shape index (κ3) is 2.95. The summed E-state index contributed by atoms with van der Waals surface area (Å²) < 4.78 is 1.59. The summed E-state index contributed by atoms with van der Waals surface area (Å²) in [6, 6.07) is 5.01. The zero-order valence-electron chi connectivity index (χ0n) is 12.3. The second kappa shape index (κ2) is 5.29. The minimum atomic E-state index is -1.09. The number of nitrogens with zero attached hydrogens (tertiary/aromatic N) is 2. The number of carboxylic acids is 1. The van der Waals surface area contributed by atoms with Gasteiger partial charge in [0, 0.05) is 11.9 Å². The highest BCUT2D eigenvalue weighted by Crippen LogP contribution is 2.23. The Balaban J connectivity index is 2.76. The molecule has 21 heavy (non-hydrogen) atoms. The molecule has 2 aromatic rings. The average molecular weight is 290 g/mol. The van der Waals surface area contributed by atoms with E-state index in [0.717, 1.165) is 0 Å². The van der Waals surface area contributed by atoms with Crippen molar-refractivity contribution >= 4 is 16.9 Å². The van der Waals surface area contributed by atoms with Gasteiger partial charge in [0.25, 0.3) is 0 Å². The van der Waals surface area contributed by atoms with E-state index in [1.54, 1.807) is 36.7 Å². The average Bonchev–Trinajstić information content (AvgIpc) is 2.40. The van der Waals surface area contributed by atoms with Crippen LogP contribution in [0.2, 0.25) is 0 Å². The van der Waals surface area contributed by atoms with Crippen molar-refractivity contribution < 1.29 is 15.0 Å². The minimum absolute atomic E-state index is 0.0212. The van der Waals surface area contributed by atoms with Gasteiger partial charge in [-0.2, -0.15) is 5.10 Å². The molecule has 0 aliphatic carbocycles. The first-order valence-corrected chi connectivity index (χ1v) is 6.72. The summed E-state index contributed by atoms with van der Waals surface area (Å²) in [7, 11) is 0. The molecule has 1 heterocycles. The molecule has 6 heteroatoms. The Morgan fingerprint density at radius 3 is 2.57 bits per heavy atom. The molecule has 6 nitrogen and oxygen atoms in total. The molecular weight excluding hydrogens is 272 g/mol. The summed E-state index contributed by atoms with van der Waals surface area (Å²) in [6.45, 7) is 5.68. The molecule has 2 rings (SSSR count). The van der Waals surface area contributed by atoms with Crippen LogP contribution in [0.15, 0.2) is 23.0 Å². The molecule has 0 saturated heterocycles. The highest BCUT2D eigenvalue weighted by molar-refractivity contribution is 5.81. The number of fused-ring (bicyclic) bond motifs is 1. The topological polar surface area (TPSA) is 92.4 Å². The number of hydrogen-bond donors (Lipinski definition) is 2. The fraction of sp³-hybridized carbons (Fsp3) is 0.400. The van der Waals surface area contributed by atoms with E-state index in [1.165, 1.54) is 0 Å². The van der Waals surface area contributed by atoms with Gasteiger partial charge < -0.3 is 10.2 Å². The lowest BCUT2D eigenvalue weighted by molar-refractivity contribution is -0.136. The Bertz CT molecular complexity index is 757. The second-order valence-corrected chi connectivity index (χ2v) is 5.45. The quantitative estimate of drug-likeness (QED) is 0.884. The van der Waals surface area contributed by atoms with E-state index in [-0.39, 0.29) is 11.1 Å². The summed E-state index contributed by atoms with van der Waals surface area (Å²) >= 11 is 0. The van der Waals surface area contributed by atoms with E-state index in [1.807, 2.05) is 6.92 Å². The smallest absolute Gasteiger partial charge is 0.309 e. The van der Waals surface area contributed by atoms with Crippen LogP contribution in [-0.4, -0.2) is 26.0 Å². The summed E-state index contributed by atoms with van der Waals surface area (Å²) in [5.41, 5.74) is -0.115. The zero-order chi connectivity index (χ0) is 15.8. The molecule has 1 aromatic heterocycles. The summed E-state index contributed by atoms with van der Waals surface area (Å²) in [5.74, 6) is -1.09. The molecule has 0 amide bonds. The van der Waals surface area contributed by atoms with Gasteiger partial charge in [0.15, 0.2) is 0 Å². The lowest BCUT2D eigenvalue weighted by Gasteiger charge is -2.19. The number of aryl methyl sites for hydroxylation is 1. The van der Waals surface area contributed by atoms with Crippen molar-refractivity contribution in [3.05, 3.63) is 39.7 Å². The van der Waals surface area contributed by atoms with Crippen molar-refractivity contribution in [1.29, 1.82) is 0 Å². The van der Waals surface area contributed by atoms with Gasteiger partial charge in [-0.25, -0.2) is 0 Å². The zero-order valence-corrected chi connectivity index (χ0v) is 12.3. The fourth-order valence-corrected chi connectivity index (χ4v) is 2.22. The highest BCUT2D eigenvalue weighted by Gasteiger charge is 2.19. The van der Waals surface area contributed by atoms with E-state index in [2.05, 4.69) is 5.10 Å². The van der Waals surface area contributed by atoms with Crippen LogP contribution in [0.1, 0.15) is 32.0 Å². The number of aromatic nitrogens is 2. The summed E-state index contributed by atoms with van der Waals surface area (Å²) in [5, 5.41) is 23.5. The molecule has 0 bridgehead atoms. The van der Waals surface area contributed by atoms with Crippen LogP contribution in [0.4, 0.5) is 0 Å². The van der Waals surface area contributed by atoms with Crippen LogP contribution in [0.3, 0.4) is 0 Å². The number of hydrogen-bond acceptors (Lipinski definition) is 4. The molecule has 0 radical (unpaired) electrons. The number of carbonyl (C=O) groups is 1. The molecule has 0 atom stereocenters. The molecule has 0 spiro atoms. The highest BCUT2D eigenvalue weighted by atomic mass is 16.4. The van der Waals surface area contributed by atoms with Gasteiger partial charge >= 0.3 is 5.97 Å². The first-order chi connectivity index (χ1) is 9.74. The van der Waals surface area contributed by atoms with Crippen LogP contribution in [0.5, 0.6) is 0 Å². The maximum absolute atomic E-state index is 12.3. The molecule has 0 saturated carbocycles. The van der Waals surface area contributed by atoms with E-state index in [0.29, 0.717) is 23.0 Å². The van der Waals surface area contributed by atoms with E-state index < -0.39 is 18.0 Å². The third-order valence-electron chi connectivity index (χ3n) is 3.35. The fourth-order valence-electron chi connectivity index (χ4n) is 2.22. The lowest BCUT2D eigenvalue weighted by atomic mass is 9.97. The van der Waals surface area contributed by atoms with E-state index >= 15 is 0 Å². The SMILES string of the molecule is CCn1nc(CC(=O)O)c(=O)c2ccc(C(C)(C)O)cc21. The molecule has 2 N–H and O–H groups in total. The molecule has 0 unspecified atom stereocenters. The number of benzene rings is 1. The van der Waals surface area contributed by atoms with Crippen molar-refractivity contribution in [2.24, 2.45) is 0 Å². The van der Waals surface area contributed by atoms with Gasteiger partial charge in [0.1, 0.15) is 5.69 Å². The molecular formula is C15H18N2O4. The Kier molecular flexibility index (Phi) is 3.82. The maximum atomic E-state index is 12.3. The molecule has 112 valence electrons. The summed E-state index contributed by atoms with van der Waals surface area (Å²) in [4.78, 5) is 23.1. The lowest BCUT2D eigenvalue weighted by Crippen LogP contribution is -2.22. The van der Waals surface area contributed by atoms with Crippen molar-refractivity contribution in [3.63, 3.8) is 0 Å². The predicted octanol–water partition coefficient (Wildman–Crippen LogP) is 1.27. The number of aliphatic carboxylic acids is 1. The van der Waals surface area contributed by atoms with Gasteiger partial charge in [-0.15, -0.1) is 0 Å². The monoisotopic (exact) mass is 290 g/mol. The Morgan fingerprint density at radius 2 is 2.05 bits per heavy atom. The van der Waals surface area contributed by atoms with Crippen LogP contribution in [-0.2, 0) is 23.4 Å². The van der Waals surface area contributed by atoms with Crippen molar-refractivity contribution in [1.82, 2.24) is 9.78 Å². The van der Waals surface area contributed by atoms with Gasteiger partial charge in [-0.3, -0.25) is 14.3 Å². The maximum Gasteiger partial charge on any atom is 0.309 e. The van der Waals surface area contributed by atoms with Crippen molar-refractivity contribution in [3.8, 4) is 0 Å². The number of aliphatic hydroxyl groups is 1. The number of rotatable bonds is 4. The molecule has 0 aliphatic heterocycles. The second-order valence-electron chi connectivity index (χ2n) is 5.45.